The minimum absolute atomic E-state index is 0.288. The van der Waals surface area contributed by atoms with Crippen molar-refractivity contribution in [3.05, 3.63) is 41.5 Å². The van der Waals surface area contributed by atoms with Gasteiger partial charge in [-0.3, -0.25) is 10.1 Å². The summed E-state index contributed by atoms with van der Waals surface area (Å²) in [5, 5.41) is 4.65. The van der Waals surface area contributed by atoms with Gasteiger partial charge in [0.2, 0.25) is 5.88 Å². The van der Waals surface area contributed by atoms with E-state index in [1.807, 2.05) is 41.9 Å². The van der Waals surface area contributed by atoms with E-state index in [1.165, 1.54) is 17.7 Å². The standard InChI is InChI=1S/C16H14N4O3S/c1-9-2-4-10(5-3-9)11-7-24-15-13(11)14(18-8-19-15)23-6-12(21)20-16(17)22/h2-5,7-8H,6H2,1H3,(H3,17,20,21,22). The Morgan fingerprint density at radius 2 is 2.00 bits per heavy atom. The van der Waals surface area contributed by atoms with Gasteiger partial charge in [-0.05, 0) is 12.5 Å². The van der Waals surface area contributed by atoms with Crippen molar-refractivity contribution in [1.29, 1.82) is 0 Å². The van der Waals surface area contributed by atoms with Crippen molar-refractivity contribution in [3.8, 4) is 17.0 Å². The van der Waals surface area contributed by atoms with Crippen molar-refractivity contribution in [2.75, 3.05) is 6.61 Å². The maximum Gasteiger partial charge on any atom is 0.318 e. The molecular formula is C16H14N4O3S. The molecule has 0 aliphatic carbocycles. The van der Waals surface area contributed by atoms with Crippen molar-refractivity contribution in [2.45, 2.75) is 6.92 Å². The number of primary amides is 1. The Balaban J connectivity index is 1.94. The fraction of sp³-hybridized carbons (Fsp3) is 0.125. The molecule has 0 saturated heterocycles. The zero-order valence-corrected chi connectivity index (χ0v) is 13.6. The van der Waals surface area contributed by atoms with Gasteiger partial charge in [-0.15, -0.1) is 11.3 Å². The Morgan fingerprint density at radius 3 is 2.71 bits per heavy atom. The van der Waals surface area contributed by atoms with Gasteiger partial charge in [-0.25, -0.2) is 14.8 Å². The number of ether oxygens (including phenoxy) is 1. The first-order chi connectivity index (χ1) is 11.5. The van der Waals surface area contributed by atoms with Gasteiger partial charge in [-0.2, -0.15) is 0 Å². The zero-order chi connectivity index (χ0) is 17.1. The monoisotopic (exact) mass is 342 g/mol. The third kappa shape index (κ3) is 3.33. The predicted octanol–water partition coefficient (Wildman–Crippen LogP) is 2.24. The van der Waals surface area contributed by atoms with Crippen LogP contribution in [-0.4, -0.2) is 28.5 Å². The fourth-order valence-electron chi connectivity index (χ4n) is 2.21. The molecule has 0 bridgehead atoms. The maximum atomic E-state index is 11.5. The summed E-state index contributed by atoms with van der Waals surface area (Å²) in [6, 6.07) is 7.13. The first-order valence-electron chi connectivity index (χ1n) is 7.06. The van der Waals surface area contributed by atoms with Crippen molar-refractivity contribution in [3.63, 3.8) is 0 Å². The van der Waals surface area contributed by atoms with Crippen LogP contribution in [0.4, 0.5) is 4.79 Å². The second kappa shape index (κ2) is 6.63. The van der Waals surface area contributed by atoms with Crippen LogP contribution < -0.4 is 15.8 Å². The summed E-state index contributed by atoms with van der Waals surface area (Å²) in [6.07, 6.45) is 1.37. The summed E-state index contributed by atoms with van der Waals surface area (Å²) in [5.74, 6) is -0.349. The van der Waals surface area contributed by atoms with E-state index in [0.29, 0.717) is 0 Å². The number of urea groups is 1. The van der Waals surface area contributed by atoms with Crippen molar-refractivity contribution >= 4 is 33.5 Å². The Labute approximate surface area is 141 Å². The van der Waals surface area contributed by atoms with Gasteiger partial charge in [-0.1, -0.05) is 29.8 Å². The Hall–Kier alpha value is -3.00. The molecule has 2 heterocycles. The number of nitrogens with one attached hydrogen (secondary N) is 1. The third-order valence-corrected chi connectivity index (χ3v) is 4.19. The highest BCUT2D eigenvalue weighted by Gasteiger charge is 2.15. The van der Waals surface area contributed by atoms with E-state index in [9.17, 15) is 9.59 Å². The summed E-state index contributed by atoms with van der Waals surface area (Å²) in [4.78, 5) is 31.3. The number of hydrogen-bond acceptors (Lipinski definition) is 6. The topological polar surface area (TPSA) is 107 Å². The van der Waals surface area contributed by atoms with Crippen LogP contribution in [-0.2, 0) is 4.79 Å². The van der Waals surface area contributed by atoms with E-state index >= 15 is 0 Å². The summed E-state index contributed by atoms with van der Waals surface area (Å²) < 4.78 is 5.46. The molecule has 7 nitrogen and oxygen atoms in total. The lowest BCUT2D eigenvalue weighted by Crippen LogP contribution is -2.38. The summed E-state index contributed by atoms with van der Waals surface area (Å²) in [6.45, 7) is 1.66. The van der Waals surface area contributed by atoms with Gasteiger partial charge < -0.3 is 10.5 Å². The number of nitrogens with zero attached hydrogens (tertiary/aromatic N) is 2. The van der Waals surface area contributed by atoms with E-state index < -0.39 is 11.9 Å². The van der Waals surface area contributed by atoms with Crippen LogP contribution in [0.2, 0.25) is 0 Å². The number of benzene rings is 1. The lowest BCUT2D eigenvalue weighted by atomic mass is 10.0. The van der Waals surface area contributed by atoms with Gasteiger partial charge in [0.1, 0.15) is 11.2 Å². The SMILES string of the molecule is Cc1ccc(-c2csc3ncnc(OCC(=O)NC(N)=O)c23)cc1. The summed E-state index contributed by atoms with van der Waals surface area (Å²) >= 11 is 1.47. The average molecular weight is 342 g/mol. The van der Waals surface area contributed by atoms with Gasteiger partial charge in [0.05, 0.1) is 5.39 Å². The number of carbonyl (C=O) groups excluding carboxylic acids is 2. The number of aryl methyl sites for hydroxylation is 1. The second-order valence-corrected chi connectivity index (χ2v) is 5.93. The maximum absolute atomic E-state index is 11.5. The average Bonchev–Trinajstić information content (AvgIpc) is 2.97. The molecule has 0 aliphatic heterocycles. The summed E-state index contributed by atoms with van der Waals surface area (Å²) in [5.41, 5.74) is 8.00. The highest BCUT2D eigenvalue weighted by molar-refractivity contribution is 7.17. The van der Waals surface area contributed by atoms with Gasteiger partial charge in [0.25, 0.3) is 5.91 Å². The Bertz CT molecular complexity index is 905. The fourth-order valence-corrected chi connectivity index (χ4v) is 3.12. The molecule has 8 heteroatoms. The largest absolute Gasteiger partial charge is 0.467 e. The number of carbonyl (C=O) groups is 2. The molecule has 3 aromatic rings. The number of amides is 3. The van der Waals surface area contributed by atoms with Gasteiger partial charge in [0.15, 0.2) is 6.61 Å². The molecule has 3 amide bonds. The Kier molecular flexibility index (Phi) is 4.39. The van der Waals surface area contributed by atoms with E-state index in [4.69, 9.17) is 10.5 Å². The number of imide groups is 1. The summed E-state index contributed by atoms with van der Waals surface area (Å²) in [7, 11) is 0. The predicted molar refractivity (Wildman–Crippen MR) is 90.8 cm³/mol. The molecule has 2 aromatic heterocycles. The van der Waals surface area contributed by atoms with Gasteiger partial charge >= 0.3 is 6.03 Å². The first kappa shape index (κ1) is 15.9. The van der Waals surface area contributed by atoms with E-state index in [1.54, 1.807) is 0 Å². The number of nitrogens with two attached hydrogens (primary N) is 1. The lowest BCUT2D eigenvalue weighted by molar-refractivity contribution is -0.121. The number of thiophene rings is 1. The van der Waals surface area contributed by atoms with Crippen LogP contribution in [0, 0.1) is 6.92 Å². The van der Waals surface area contributed by atoms with Crippen LogP contribution in [0.25, 0.3) is 21.3 Å². The first-order valence-corrected chi connectivity index (χ1v) is 7.94. The molecule has 3 N–H and O–H groups in total. The molecule has 3 rings (SSSR count). The second-order valence-electron chi connectivity index (χ2n) is 5.08. The van der Waals surface area contributed by atoms with E-state index in [0.717, 1.165) is 26.9 Å². The van der Waals surface area contributed by atoms with Gasteiger partial charge in [0, 0.05) is 10.9 Å². The smallest absolute Gasteiger partial charge is 0.318 e. The molecule has 0 unspecified atom stereocenters. The highest BCUT2D eigenvalue weighted by Crippen LogP contribution is 2.37. The van der Waals surface area contributed by atoms with Crippen LogP contribution in [0.5, 0.6) is 5.88 Å². The molecule has 1 aromatic carbocycles. The molecule has 0 radical (unpaired) electrons. The molecule has 24 heavy (non-hydrogen) atoms. The molecule has 0 aliphatic rings. The minimum atomic E-state index is -0.924. The number of rotatable bonds is 4. The highest BCUT2D eigenvalue weighted by atomic mass is 32.1. The number of fused-ring (bicyclic) bond motifs is 1. The Morgan fingerprint density at radius 1 is 1.25 bits per heavy atom. The normalized spacial score (nSPS) is 10.5. The van der Waals surface area contributed by atoms with Crippen LogP contribution in [0.3, 0.4) is 0 Å². The van der Waals surface area contributed by atoms with E-state index in [2.05, 4.69) is 9.97 Å². The van der Waals surface area contributed by atoms with Crippen molar-refractivity contribution in [2.24, 2.45) is 5.73 Å². The number of aromatic nitrogens is 2. The molecule has 0 spiro atoms. The van der Waals surface area contributed by atoms with Crippen molar-refractivity contribution < 1.29 is 14.3 Å². The molecule has 0 fully saturated rings. The third-order valence-electron chi connectivity index (χ3n) is 3.30. The van der Waals surface area contributed by atoms with Crippen molar-refractivity contribution in [1.82, 2.24) is 15.3 Å². The number of hydrogen-bond donors (Lipinski definition) is 2. The molecule has 0 atom stereocenters. The zero-order valence-electron chi connectivity index (χ0n) is 12.8. The van der Waals surface area contributed by atoms with Crippen LogP contribution in [0.15, 0.2) is 36.0 Å². The quantitative estimate of drug-likeness (QED) is 0.756. The molecule has 0 saturated carbocycles. The van der Waals surface area contributed by atoms with Crippen LogP contribution in [0.1, 0.15) is 5.56 Å². The van der Waals surface area contributed by atoms with Crippen LogP contribution >= 0.6 is 11.3 Å². The lowest BCUT2D eigenvalue weighted by Gasteiger charge is -2.07. The molecule has 122 valence electrons. The van der Waals surface area contributed by atoms with E-state index in [-0.39, 0.29) is 12.5 Å². The molecular weight excluding hydrogens is 328 g/mol. The minimum Gasteiger partial charge on any atom is -0.467 e.